The number of imidazole rings is 1. The van der Waals surface area contributed by atoms with Crippen molar-refractivity contribution in [3.8, 4) is 0 Å². The molecule has 18 heavy (non-hydrogen) atoms. The molecule has 1 aromatic carbocycles. The number of hydrogen-bond donors (Lipinski definition) is 1. The van der Waals surface area contributed by atoms with Gasteiger partial charge >= 0.3 is 0 Å². The number of fused-ring (bicyclic) bond motifs is 1. The number of aromatic nitrogens is 2. The van der Waals surface area contributed by atoms with E-state index in [0.717, 1.165) is 11.0 Å². The van der Waals surface area contributed by atoms with Gasteiger partial charge in [0.2, 0.25) is 0 Å². The topological polar surface area (TPSA) is 62.8 Å². The van der Waals surface area contributed by atoms with E-state index < -0.39 is 9.84 Å². The summed E-state index contributed by atoms with van der Waals surface area (Å²) >= 11 is 7.24. The summed E-state index contributed by atoms with van der Waals surface area (Å²) in [5, 5.41) is 1.07. The Morgan fingerprint density at radius 2 is 2.06 bits per heavy atom. The number of sulfone groups is 1. The highest BCUT2D eigenvalue weighted by molar-refractivity contribution is 8.05. The van der Waals surface area contributed by atoms with Gasteiger partial charge in [0, 0.05) is 9.94 Å². The second kappa shape index (κ2) is 4.29. The number of halogens is 1. The first-order valence-corrected chi connectivity index (χ1v) is 8.26. The summed E-state index contributed by atoms with van der Waals surface area (Å²) in [6.07, 6.45) is 0. The van der Waals surface area contributed by atoms with E-state index in [2.05, 4.69) is 9.97 Å². The molecule has 0 saturated carbocycles. The molecule has 0 bridgehead atoms. The summed E-state index contributed by atoms with van der Waals surface area (Å²) in [7, 11) is -3.06. The van der Waals surface area contributed by atoms with Crippen molar-refractivity contribution in [1.82, 2.24) is 9.97 Å². The normalized spacial score (nSPS) is 18.7. The Labute approximate surface area is 113 Å². The molecule has 1 aliphatic rings. The molecule has 2 heterocycles. The maximum atomic E-state index is 11.4. The van der Waals surface area contributed by atoms with Gasteiger partial charge in [0.05, 0.1) is 22.5 Å². The molecule has 4 nitrogen and oxygen atoms in total. The number of nitrogens with one attached hydrogen (secondary N) is 1. The molecular formula is C11H9ClN2O2S2. The highest BCUT2D eigenvalue weighted by Crippen LogP contribution is 2.35. The van der Waals surface area contributed by atoms with E-state index in [1.54, 1.807) is 0 Å². The minimum atomic E-state index is -3.06. The minimum absolute atomic E-state index is 0.00749. The first-order chi connectivity index (χ1) is 8.53. The molecule has 0 spiro atoms. The summed E-state index contributed by atoms with van der Waals surface area (Å²) in [6.45, 7) is 0. The van der Waals surface area contributed by atoms with Crippen molar-refractivity contribution in [1.29, 1.82) is 0 Å². The van der Waals surface area contributed by atoms with Gasteiger partial charge in [0.25, 0.3) is 0 Å². The van der Waals surface area contributed by atoms with Crippen molar-refractivity contribution in [3.63, 3.8) is 0 Å². The molecular weight excluding hydrogens is 292 g/mol. The minimum Gasteiger partial charge on any atom is -0.333 e. The molecule has 1 aliphatic heterocycles. The lowest BCUT2D eigenvalue weighted by Gasteiger charge is -1.96. The maximum Gasteiger partial charge on any atom is 0.171 e. The van der Waals surface area contributed by atoms with Crippen LogP contribution in [0.2, 0.25) is 0 Å². The fraction of sp³-hybridized carbons (Fsp3) is 0.182. The Morgan fingerprint density at radius 1 is 1.28 bits per heavy atom. The van der Waals surface area contributed by atoms with E-state index in [4.69, 9.17) is 11.6 Å². The maximum absolute atomic E-state index is 11.4. The molecule has 0 saturated heterocycles. The smallest absolute Gasteiger partial charge is 0.171 e. The Kier molecular flexibility index (Phi) is 2.88. The highest BCUT2D eigenvalue weighted by atomic mass is 35.5. The SMILES string of the molecule is O=S1(=O)CC(Cl)=C(Sc2nc3ccccc3[nH]2)C1. The van der Waals surface area contributed by atoms with Crippen LogP contribution in [0.15, 0.2) is 39.4 Å². The molecule has 0 amide bonds. The molecule has 2 aromatic rings. The van der Waals surface area contributed by atoms with Crippen LogP contribution >= 0.6 is 23.4 Å². The van der Waals surface area contributed by atoms with Crippen LogP contribution in [-0.2, 0) is 9.84 Å². The molecule has 0 fully saturated rings. The molecule has 3 rings (SSSR count). The summed E-state index contributed by atoms with van der Waals surface area (Å²) in [4.78, 5) is 8.18. The van der Waals surface area contributed by atoms with Crippen LogP contribution in [0.5, 0.6) is 0 Å². The van der Waals surface area contributed by atoms with E-state index in [1.807, 2.05) is 24.3 Å². The first kappa shape index (κ1) is 12.1. The fourth-order valence-corrected chi connectivity index (χ4v) is 5.37. The lowest BCUT2D eigenvalue weighted by atomic mass is 10.3. The van der Waals surface area contributed by atoms with Gasteiger partial charge in [-0.15, -0.1) is 0 Å². The zero-order valence-corrected chi connectivity index (χ0v) is 11.6. The van der Waals surface area contributed by atoms with Gasteiger partial charge in [-0.1, -0.05) is 35.5 Å². The summed E-state index contributed by atoms with van der Waals surface area (Å²) in [5.74, 6) is -0.0509. The van der Waals surface area contributed by atoms with Gasteiger partial charge < -0.3 is 4.98 Å². The number of H-pyrrole nitrogens is 1. The highest BCUT2D eigenvalue weighted by Gasteiger charge is 2.27. The Hall–Kier alpha value is -0.980. The lowest BCUT2D eigenvalue weighted by Crippen LogP contribution is -2.02. The van der Waals surface area contributed by atoms with Gasteiger partial charge in [0.1, 0.15) is 0 Å². The van der Waals surface area contributed by atoms with Crippen LogP contribution in [0.3, 0.4) is 0 Å². The summed E-state index contributed by atoms with van der Waals surface area (Å²) < 4.78 is 22.9. The lowest BCUT2D eigenvalue weighted by molar-refractivity contribution is 0.603. The quantitative estimate of drug-likeness (QED) is 0.926. The number of hydrogen-bond acceptors (Lipinski definition) is 4. The largest absolute Gasteiger partial charge is 0.333 e. The first-order valence-electron chi connectivity index (χ1n) is 5.24. The predicted molar refractivity (Wildman–Crippen MR) is 73.5 cm³/mol. The van der Waals surface area contributed by atoms with Crippen molar-refractivity contribution < 1.29 is 8.42 Å². The second-order valence-corrected chi connectivity index (χ2v) is 7.63. The number of aromatic amines is 1. The average Bonchev–Trinajstić information content (AvgIpc) is 2.79. The zero-order valence-electron chi connectivity index (χ0n) is 9.18. The van der Waals surface area contributed by atoms with Gasteiger partial charge in [-0.2, -0.15) is 0 Å². The van der Waals surface area contributed by atoms with Gasteiger partial charge in [-0.05, 0) is 12.1 Å². The molecule has 0 radical (unpaired) electrons. The Balaban J connectivity index is 1.91. The summed E-state index contributed by atoms with van der Waals surface area (Å²) in [5.41, 5.74) is 1.79. The van der Waals surface area contributed by atoms with Crippen LogP contribution < -0.4 is 0 Å². The molecule has 7 heteroatoms. The van der Waals surface area contributed by atoms with E-state index in [1.165, 1.54) is 11.8 Å². The number of para-hydroxylation sites is 2. The zero-order chi connectivity index (χ0) is 12.8. The van der Waals surface area contributed by atoms with E-state index in [-0.39, 0.29) is 11.5 Å². The number of benzene rings is 1. The van der Waals surface area contributed by atoms with Crippen molar-refractivity contribution >= 4 is 44.2 Å². The molecule has 0 aliphatic carbocycles. The van der Waals surface area contributed by atoms with Crippen LogP contribution in [0.1, 0.15) is 0 Å². The third kappa shape index (κ3) is 2.28. The average molecular weight is 301 g/mol. The van der Waals surface area contributed by atoms with Gasteiger partial charge in [0.15, 0.2) is 15.0 Å². The van der Waals surface area contributed by atoms with E-state index in [0.29, 0.717) is 15.1 Å². The molecule has 1 N–H and O–H groups in total. The number of nitrogens with zero attached hydrogens (tertiary/aromatic N) is 1. The van der Waals surface area contributed by atoms with Crippen molar-refractivity contribution in [2.75, 3.05) is 11.5 Å². The Morgan fingerprint density at radius 3 is 2.72 bits per heavy atom. The third-order valence-corrected chi connectivity index (χ3v) is 5.88. The molecule has 94 valence electrons. The Bertz CT molecular complexity index is 716. The third-order valence-electron chi connectivity index (χ3n) is 2.59. The number of rotatable bonds is 2. The standard InChI is InChI=1S/C11H9ClN2O2S2/c12-7-5-18(15,16)6-10(7)17-11-13-8-3-1-2-4-9(8)14-11/h1-4H,5-6H2,(H,13,14). The molecule has 0 unspecified atom stereocenters. The van der Waals surface area contributed by atoms with Crippen molar-refractivity contribution in [3.05, 3.63) is 34.2 Å². The molecule has 1 aromatic heterocycles. The van der Waals surface area contributed by atoms with Crippen molar-refractivity contribution in [2.45, 2.75) is 5.16 Å². The monoisotopic (exact) mass is 300 g/mol. The van der Waals surface area contributed by atoms with Crippen LogP contribution in [0, 0.1) is 0 Å². The van der Waals surface area contributed by atoms with Crippen LogP contribution in [0.4, 0.5) is 0 Å². The summed E-state index contributed by atoms with van der Waals surface area (Å²) in [6, 6.07) is 7.65. The molecule has 0 atom stereocenters. The fourth-order valence-electron chi connectivity index (χ4n) is 1.78. The van der Waals surface area contributed by atoms with Crippen molar-refractivity contribution in [2.24, 2.45) is 0 Å². The number of thioether (sulfide) groups is 1. The van der Waals surface area contributed by atoms with Crippen LogP contribution in [0.25, 0.3) is 11.0 Å². The van der Waals surface area contributed by atoms with E-state index >= 15 is 0 Å². The van der Waals surface area contributed by atoms with Crippen LogP contribution in [-0.4, -0.2) is 29.9 Å². The second-order valence-electron chi connectivity index (χ2n) is 4.02. The predicted octanol–water partition coefficient (Wildman–Crippen LogP) is 2.53. The van der Waals surface area contributed by atoms with E-state index in [9.17, 15) is 8.42 Å². The van der Waals surface area contributed by atoms with Gasteiger partial charge in [-0.25, -0.2) is 13.4 Å². The van der Waals surface area contributed by atoms with Gasteiger partial charge in [-0.3, -0.25) is 0 Å².